The van der Waals surface area contributed by atoms with Crippen LogP contribution in [-0.4, -0.2) is 34.3 Å². The van der Waals surface area contributed by atoms with Crippen molar-refractivity contribution < 1.29 is 14.7 Å². The summed E-state index contributed by atoms with van der Waals surface area (Å²) in [6, 6.07) is 3.08. The van der Waals surface area contributed by atoms with Crippen LogP contribution in [0.15, 0.2) is 23.4 Å². The van der Waals surface area contributed by atoms with E-state index in [1.165, 1.54) is 17.8 Å². The molecule has 0 aromatic carbocycles. The minimum absolute atomic E-state index is 0.0344. The van der Waals surface area contributed by atoms with Crippen LogP contribution < -0.4 is 5.32 Å². The first-order chi connectivity index (χ1) is 8.15. The normalized spacial score (nSPS) is 9.94. The van der Waals surface area contributed by atoms with E-state index in [9.17, 15) is 9.59 Å². The smallest absolute Gasteiger partial charge is 0.338 e. The number of aromatic nitrogens is 1. The van der Waals surface area contributed by atoms with Gasteiger partial charge in [-0.1, -0.05) is 0 Å². The Morgan fingerprint density at radius 1 is 1.53 bits per heavy atom. The van der Waals surface area contributed by atoms with Gasteiger partial charge < -0.3 is 10.4 Å². The van der Waals surface area contributed by atoms with E-state index in [2.05, 4.69) is 10.3 Å². The maximum atomic E-state index is 11.2. The predicted molar refractivity (Wildman–Crippen MR) is 65.2 cm³/mol. The maximum absolute atomic E-state index is 11.2. The summed E-state index contributed by atoms with van der Waals surface area (Å²) in [5.41, 5.74) is 0.174. The molecule has 0 fully saturated rings. The molecule has 2 N–H and O–H groups in total. The van der Waals surface area contributed by atoms with E-state index in [-0.39, 0.29) is 11.5 Å². The fraction of sp³-hybridized carbons (Fsp3) is 0.364. The molecule has 1 heterocycles. The Morgan fingerprint density at radius 3 is 2.94 bits per heavy atom. The van der Waals surface area contributed by atoms with Crippen molar-refractivity contribution in [2.75, 3.05) is 12.3 Å². The third kappa shape index (κ3) is 4.44. The summed E-state index contributed by atoms with van der Waals surface area (Å²) in [5, 5.41) is 12.1. The van der Waals surface area contributed by atoms with E-state index < -0.39 is 5.97 Å². The first kappa shape index (κ1) is 13.5. The quantitative estimate of drug-likeness (QED) is 0.750. The Balaban J connectivity index is 2.52. The third-order valence-corrected chi connectivity index (χ3v) is 2.95. The molecule has 0 saturated carbocycles. The molecule has 0 saturated heterocycles. The van der Waals surface area contributed by atoms with Gasteiger partial charge in [-0.25, -0.2) is 9.78 Å². The average Bonchev–Trinajstić information content (AvgIpc) is 2.30. The van der Waals surface area contributed by atoms with E-state index in [1.54, 1.807) is 12.3 Å². The molecule has 92 valence electrons. The highest BCUT2D eigenvalue weighted by molar-refractivity contribution is 7.99. The molecule has 1 amide bonds. The summed E-state index contributed by atoms with van der Waals surface area (Å²) in [7, 11) is 0. The number of carboxylic acid groups (broad SMARTS) is 1. The number of pyridine rings is 1. The van der Waals surface area contributed by atoms with Crippen LogP contribution in [0, 0.1) is 0 Å². The first-order valence-electron chi connectivity index (χ1n) is 5.23. The summed E-state index contributed by atoms with van der Waals surface area (Å²) in [5.74, 6) is -0.519. The molecule has 0 spiro atoms. The van der Waals surface area contributed by atoms with Gasteiger partial charge in [0.1, 0.15) is 5.03 Å². The lowest BCUT2D eigenvalue weighted by Crippen LogP contribution is -2.22. The molecule has 5 nitrogen and oxygen atoms in total. The Morgan fingerprint density at radius 2 is 2.29 bits per heavy atom. The molecule has 17 heavy (non-hydrogen) atoms. The first-order valence-corrected chi connectivity index (χ1v) is 6.21. The molecule has 0 aliphatic heterocycles. The lowest BCUT2D eigenvalue weighted by Gasteiger charge is -2.04. The highest BCUT2D eigenvalue weighted by Gasteiger charge is 2.11. The number of carbonyl (C=O) groups is 2. The van der Waals surface area contributed by atoms with Crippen molar-refractivity contribution in [1.29, 1.82) is 0 Å². The van der Waals surface area contributed by atoms with Gasteiger partial charge in [-0.05, 0) is 19.1 Å². The molecule has 1 rings (SSSR count). The summed E-state index contributed by atoms with van der Waals surface area (Å²) in [4.78, 5) is 26.1. The van der Waals surface area contributed by atoms with Crippen LogP contribution in [-0.2, 0) is 4.79 Å². The van der Waals surface area contributed by atoms with Gasteiger partial charge in [-0.3, -0.25) is 4.79 Å². The van der Waals surface area contributed by atoms with Crippen molar-refractivity contribution in [3.63, 3.8) is 0 Å². The predicted octanol–water partition coefficient (Wildman–Crippen LogP) is 1.40. The standard InChI is InChI=1S/C11H14N2O3S/c1-2-12-9(14)5-7-17-10-8(11(15)16)4-3-6-13-10/h3-4,6H,2,5,7H2,1H3,(H,12,14)(H,15,16). The number of carboxylic acids is 1. The number of hydrogen-bond donors (Lipinski definition) is 2. The van der Waals surface area contributed by atoms with Gasteiger partial charge in [-0.2, -0.15) is 0 Å². The highest BCUT2D eigenvalue weighted by Crippen LogP contribution is 2.20. The zero-order chi connectivity index (χ0) is 12.7. The van der Waals surface area contributed by atoms with Crippen molar-refractivity contribution in [1.82, 2.24) is 10.3 Å². The summed E-state index contributed by atoms with van der Waals surface area (Å²) in [6.07, 6.45) is 1.90. The van der Waals surface area contributed by atoms with E-state index in [0.29, 0.717) is 23.7 Å². The van der Waals surface area contributed by atoms with Crippen molar-refractivity contribution in [2.24, 2.45) is 0 Å². The fourth-order valence-electron chi connectivity index (χ4n) is 1.19. The number of amides is 1. The molecule has 0 unspecified atom stereocenters. The van der Waals surface area contributed by atoms with Crippen molar-refractivity contribution in [3.05, 3.63) is 23.9 Å². The summed E-state index contributed by atoms with van der Waals surface area (Å²) in [6.45, 7) is 2.46. The van der Waals surface area contributed by atoms with Crippen LogP contribution in [0.1, 0.15) is 23.7 Å². The molecule has 0 aliphatic carbocycles. The van der Waals surface area contributed by atoms with Gasteiger partial charge >= 0.3 is 5.97 Å². The molecule has 0 radical (unpaired) electrons. The number of nitrogens with one attached hydrogen (secondary N) is 1. The van der Waals surface area contributed by atoms with Gasteiger partial charge in [-0.15, -0.1) is 11.8 Å². The lowest BCUT2D eigenvalue weighted by atomic mass is 10.3. The monoisotopic (exact) mass is 254 g/mol. The Bertz CT molecular complexity index is 409. The molecule has 0 atom stereocenters. The molecule has 1 aromatic heterocycles. The zero-order valence-electron chi connectivity index (χ0n) is 9.47. The number of rotatable bonds is 6. The van der Waals surface area contributed by atoms with Crippen molar-refractivity contribution >= 4 is 23.6 Å². The van der Waals surface area contributed by atoms with Crippen LogP contribution in [0.2, 0.25) is 0 Å². The SMILES string of the molecule is CCNC(=O)CCSc1ncccc1C(=O)O. The van der Waals surface area contributed by atoms with Crippen molar-refractivity contribution in [2.45, 2.75) is 18.4 Å². The second-order valence-corrected chi connectivity index (χ2v) is 4.30. The van der Waals surface area contributed by atoms with Gasteiger partial charge in [0.15, 0.2) is 0 Å². The minimum Gasteiger partial charge on any atom is -0.478 e. The van der Waals surface area contributed by atoms with E-state index >= 15 is 0 Å². The van der Waals surface area contributed by atoms with Crippen LogP contribution in [0.3, 0.4) is 0 Å². The highest BCUT2D eigenvalue weighted by atomic mass is 32.2. The Labute approximate surface area is 104 Å². The Kier molecular flexibility index (Phi) is 5.48. The second-order valence-electron chi connectivity index (χ2n) is 3.21. The number of aromatic carboxylic acids is 1. The average molecular weight is 254 g/mol. The topological polar surface area (TPSA) is 79.3 Å². The van der Waals surface area contributed by atoms with E-state index in [4.69, 9.17) is 5.11 Å². The maximum Gasteiger partial charge on any atom is 0.338 e. The van der Waals surface area contributed by atoms with Crippen LogP contribution in [0.4, 0.5) is 0 Å². The van der Waals surface area contributed by atoms with Gasteiger partial charge in [0.05, 0.1) is 5.56 Å². The van der Waals surface area contributed by atoms with Gasteiger partial charge in [0.2, 0.25) is 5.91 Å². The van der Waals surface area contributed by atoms with Crippen LogP contribution in [0.25, 0.3) is 0 Å². The van der Waals surface area contributed by atoms with E-state index in [0.717, 1.165) is 0 Å². The van der Waals surface area contributed by atoms with Crippen LogP contribution >= 0.6 is 11.8 Å². The third-order valence-electron chi connectivity index (χ3n) is 1.94. The van der Waals surface area contributed by atoms with Gasteiger partial charge in [0.25, 0.3) is 0 Å². The minimum atomic E-state index is -1.00. The van der Waals surface area contributed by atoms with Crippen LogP contribution in [0.5, 0.6) is 0 Å². The number of nitrogens with zero attached hydrogens (tertiary/aromatic N) is 1. The lowest BCUT2D eigenvalue weighted by molar-refractivity contribution is -0.120. The largest absolute Gasteiger partial charge is 0.478 e. The molecule has 6 heteroatoms. The number of hydrogen-bond acceptors (Lipinski definition) is 4. The van der Waals surface area contributed by atoms with E-state index in [1.807, 2.05) is 6.92 Å². The fourth-order valence-corrected chi connectivity index (χ4v) is 2.12. The summed E-state index contributed by atoms with van der Waals surface area (Å²) < 4.78 is 0. The molecular weight excluding hydrogens is 240 g/mol. The molecule has 0 bridgehead atoms. The molecule has 0 aliphatic rings. The van der Waals surface area contributed by atoms with Gasteiger partial charge in [0, 0.05) is 24.9 Å². The Hall–Kier alpha value is -1.56. The number of thioether (sulfide) groups is 1. The van der Waals surface area contributed by atoms with Crippen molar-refractivity contribution in [3.8, 4) is 0 Å². The molecule has 1 aromatic rings. The second kappa shape index (κ2) is 6.90. The zero-order valence-corrected chi connectivity index (χ0v) is 10.3. The number of carbonyl (C=O) groups excluding carboxylic acids is 1. The molecular formula is C11H14N2O3S. The summed E-state index contributed by atoms with van der Waals surface area (Å²) >= 11 is 1.28.